The maximum atomic E-state index is 5.98. The van der Waals surface area contributed by atoms with Crippen LogP contribution in [0.2, 0.25) is 0 Å². The van der Waals surface area contributed by atoms with E-state index in [9.17, 15) is 0 Å². The van der Waals surface area contributed by atoms with Crippen LogP contribution < -0.4 is 11.5 Å². The number of anilines is 1. The summed E-state index contributed by atoms with van der Waals surface area (Å²) in [6.45, 7) is 0. The van der Waals surface area contributed by atoms with Crippen LogP contribution in [0.5, 0.6) is 0 Å². The Morgan fingerprint density at radius 3 is 2.55 bits per heavy atom. The third kappa shape index (κ3) is 2.99. The van der Waals surface area contributed by atoms with Gasteiger partial charge in [-0.1, -0.05) is 0 Å². The van der Waals surface area contributed by atoms with Crippen LogP contribution >= 0.6 is 11.3 Å². The summed E-state index contributed by atoms with van der Waals surface area (Å²) in [6.07, 6.45) is 9.39. The van der Waals surface area contributed by atoms with Crippen LogP contribution in [0.4, 0.5) is 5.13 Å². The summed E-state index contributed by atoms with van der Waals surface area (Å²) < 4.78 is 0. The molecule has 0 bridgehead atoms. The van der Waals surface area contributed by atoms with Crippen molar-refractivity contribution >= 4 is 16.5 Å². The molecule has 0 amide bonds. The number of aromatic nitrogens is 2. The number of nitrogen functional groups attached to an aromatic ring is 1. The highest BCUT2D eigenvalue weighted by atomic mass is 32.1. The number of rotatable bonds is 3. The van der Waals surface area contributed by atoms with Gasteiger partial charge in [-0.2, -0.15) is 0 Å². The van der Waals surface area contributed by atoms with Gasteiger partial charge in [0.25, 0.3) is 0 Å². The normalized spacial score (nSPS) is 22.9. The SMILES string of the molecule is Nc1nc(-c2ccncc2)c(CC2CCC(N)CC2)s1. The van der Waals surface area contributed by atoms with Crippen molar-refractivity contribution in [3.8, 4) is 11.3 Å². The maximum Gasteiger partial charge on any atom is 0.180 e. The fourth-order valence-electron chi connectivity index (χ4n) is 2.90. The van der Waals surface area contributed by atoms with E-state index >= 15 is 0 Å². The van der Waals surface area contributed by atoms with Crippen LogP contribution in [0, 0.1) is 5.92 Å². The number of nitrogens with zero attached hydrogens (tertiary/aromatic N) is 2. The minimum atomic E-state index is 0.400. The van der Waals surface area contributed by atoms with E-state index in [0.29, 0.717) is 11.2 Å². The van der Waals surface area contributed by atoms with Crippen LogP contribution in [0.25, 0.3) is 11.3 Å². The molecule has 0 aromatic carbocycles. The van der Waals surface area contributed by atoms with Gasteiger partial charge < -0.3 is 11.5 Å². The molecule has 1 fully saturated rings. The van der Waals surface area contributed by atoms with Gasteiger partial charge in [-0.05, 0) is 50.2 Å². The number of hydrogen-bond acceptors (Lipinski definition) is 5. The predicted molar refractivity (Wildman–Crippen MR) is 83.4 cm³/mol. The van der Waals surface area contributed by atoms with Crippen molar-refractivity contribution in [1.29, 1.82) is 0 Å². The Kier molecular flexibility index (Phi) is 3.98. The van der Waals surface area contributed by atoms with Crippen molar-refractivity contribution < 1.29 is 0 Å². The third-order valence-corrected chi connectivity index (χ3v) is 4.94. The van der Waals surface area contributed by atoms with E-state index in [2.05, 4.69) is 9.97 Å². The lowest BCUT2D eigenvalue weighted by molar-refractivity contribution is 0.326. The molecule has 0 aliphatic heterocycles. The van der Waals surface area contributed by atoms with E-state index in [0.717, 1.165) is 36.4 Å². The molecule has 0 unspecified atom stereocenters. The molecule has 0 radical (unpaired) electrons. The van der Waals surface area contributed by atoms with Crippen molar-refractivity contribution in [1.82, 2.24) is 9.97 Å². The Labute approximate surface area is 123 Å². The van der Waals surface area contributed by atoms with E-state index in [1.54, 1.807) is 23.7 Å². The molecule has 5 heteroatoms. The van der Waals surface area contributed by atoms with Crippen molar-refractivity contribution in [2.75, 3.05) is 5.73 Å². The van der Waals surface area contributed by atoms with Gasteiger partial charge in [-0.15, -0.1) is 11.3 Å². The zero-order valence-corrected chi connectivity index (χ0v) is 12.3. The van der Waals surface area contributed by atoms with Crippen molar-refractivity contribution in [3.63, 3.8) is 0 Å². The lowest BCUT2D eigenvalue weighted by atomic mass is 9.84. The van der Waals surface area contributed by atoms with Crippen molar-refractivity contribution in [2.45, 2.75) is 38.1 Å². The fourth-order valence-corrected chi connectivity index (χ4v) is 3.87. The number of nitrogens with two attached hydrogens (primary N) is 2. The quantitative estimate of drug-likeness (QED) is 0.910. The van der Waals surface area contributed by atoms with Gasteiger partial charge in [0.05, 0.1) is 5.69 Å². The van der Waals surface area contributed by atoms with Crippen LogP contribution in [-0.2, 0) is 6.42 Å². The maximum absolute atomic E-state index is 5.98. The second-order valence-electron chi connectivity index (χ2n) is 5.54. The van der Waals surface area contributed by atoms with Gasteiger partial charge >= 0.3 is 0 Å². The van der Waals surface area contributed by atoms with Gasteiger partial charge in [0.15, 0.2) is 5.13 Å². The van der Waals surface area contributed by atoms with Crippen molar-refractivity contribution in [3.05, 3.63) is 29.4 Å². The Balaban J connectivity index is 1.80. The van der Waals surface area contributed by atoms with Gasteiger partial charge in [-0.25, -0.2) is 4.98 Å². The van der Waals surface area contributed by atoms with Crippen LogP contribution in [0.1, 0.15) is 30.6 Å². The summed E-state index contributed by atoms with van der Waals surface area (Å²) in [4.78, 5) is 9.87. The molecular weight excluding hydrogens is 268 g/mol. The molecule has 3 rings (SSSR count). The molecule has 0 atom stereocenters. The monoisotopic (exact) mass is 288 g/mol. The van der Waals surface area contributed by atoms with Gasteiger partial charge in [0.2, 0.25) is 0 Å². The second-order valence-corrected chi connectivity index (χ2v) is 6.66. The van der Waals surface area contributed by atoms with E-state index in [1.165, 1.54) is 17.7 Å². The number of hydrogen-bond donors (Lipinski definition) is 2. The van der Waals surface area contributed by atoms with Gasteiger partial charge in [0.1, 0.15) is 0 Å². The van der Waals surface area contributed by atoms with Crippen LogP contribution in [0.3, 0.4) is 0 Å². The van der Waals surface area contributed by atoms with Crippen LogP contribution in [0.15, 0.2) is 24.5 Å². The Hall–Kier alpha value is -1.46. The first kappa shape index (κ1) is 13.5. The summed E-state index contributed by atoms with van der Waals surface area (Å²) in [6, 6.07) is 4.39. The minimum Gasteiger partial charge on any atom is -0.375 e. The summed E-state index contributed by atoms with van der Waals surface area (Å²) in [7, 11) is 0. The smallest absolute Gasteiger partial charge is 0.180 e. The molecule has 0 spiro atoms. The van der Waals surface area contributed by atoms with Crippen LogP contribution in [-0.4, -0.2) is 16.0 Å². The lowest BCUT2D eigenvalue weighted by Crippen LogP contribution is -2.27. The highest BCUT2D eigenvalue weighted by Crippen LogP contribution is 2.34. The molecule has 2 heterocycles. The van der Waals surface area contributed by atoms with E-state index < -0.39 is 0 Å². The van der Waals surface area contributed by atoms with Gasteiger partial charge in [-0.3, -0.25) is 4.98 Å². The standard InChI is InChI=1S/C15H20N4S/c16-12-3-1-10(2-4-12)9-13-14(19-15(17)20-13)11-5-7-18-8-6-11/h5-8,10,12H,1-4,9,16H2,(H2,17,19). The summed E-state index contributed by atoms with van der Waals surface area (Å²) >= 11 is 1.62. The first-order valence-corrected chi connectivity index (χ1v) is 7.95. The van der Waals surface area contributed by atoms with Gasteiger partial charge in [0, 0.05) is 28.9 Å². The molecule has 20 heavy (non-hydrogen) atoms. The molecule has 4 N–H and O–H groups in total. The van der Waals surface area contributed by atoms with Crippen molar-refractivity contribution in [2.24, 2.45) is 11.7 Å². The topological polar surface area (TPSA) is 77.8 Å². The van der Waals surface area contributed by atoms with E-state index in [4.69, 9.17) is 11.5 Å². The molecular formula is C15H20N4S. The highest BCUT2D eigenvalue weighted by Gasteiger charge is 2.21. The van der Waals surface area contributed by atoms with E-state index in [-0.39, 0.29) is 0 Å². The molecule has 0 saturated heterocycles. The highest BCUT2D eigenvalue weighted by molar-refractivity contribution is 7.15. The Morgan fingerprint density at radius 1 is 1.15 bits per heavy atom. The average Bonchev–Trinajstić information content (AvgIpc) is 2.83. The Bertz CT molecular complexity index is 559. The van der Waals surface area contributed by atoms with E-state index in [1.807, 2.05) is 12.1 Å². The largest absolute Gasteiger partial charge is 0.375 e. The molecule has 1 saturated carbocycles. The fraction of sp³-hybridized carbons (Fsp3) is 0.467. The Morgan fingerprint density at radius 2 is 1.85 bits per heavy atom. The molecule has 106 valence electrons. The predicted octanol–water partition coefficient (Wildman–Crippen LogP) is 2.85. The molecule has 2 aromatic rings. The first-order chi connectivity index (χ1) is 9.72. The number of thiazole rings is 1. The third-order valence-electron chi connectivity index (χ3n) is 4.03. The molecule has 1 aliphatic carbocycles. The minimum absolute atomic E-state index is 0.400. The zero-order chi connectivity index (χ0) is 13.9. The average molecular weight is 288 g/mol. The molecule has 2 aromatic heterocycles. The summed E-state index contributed by atoms with van der Waals surface area (Å²) in [5.74, 6) is 0.718. The second kappa shape index (κ2) is 5.89. The molecule has 4 nitrogen and oxygen atoms in total. The first-order valence-electron chi connectivity index (χ1n) is 7.13. The lowest BCUT2D eigenvalue weighted by Gasteiger charge is -2.25. The summed E-state index contributed by atoms with van der Waals surface area (Å²) in [5.41, 5.74) is 14.0. The molecule has 1 aliphatic rings. The summed E-state index contributed by atoms with van der Waals surface area (Å²) in [5, 5.41) is 0.652. The number of pyridine rings is 1. The zero-order valence-electron chi connectivity index (χ0n) is 11.5.